The number of fused-ring (bicyclic) bond motifs is 1. The van der Waals surface area contributed by atoms with Crippen molar-refractivity contribution in [1.29, 1.82) is 0 Å². The molecule has 1 amide bonds. The highest BCUT2D eigenvalue weighted by atomic mass is 79.9. The number of piperidine rings is 1. The fraction of sp³-hybridized carbons (Fsp3) is 0.294. The minimum absolute atomic E-state index is 0.0836. The molecule has 3 aromatic rings. The van der Waals surface area contributed by atoms with Crippen LogP contribution in [0, 0.1) is 0 Å². The molecular formula is C17H17BrN4O2S. The van der Waals surface area contributed by atoms with E-state index in [4.69, 9.17) is 0 Å². The van der Waals surface area contributed by atoms with Crippen LogP contribution in [0.15, 0.2) is 28.1 Å². The highest BCUT2D eigenvalue weighted by Crippen LogP contribution is 2.33. The SMILES string of the molecule is O=C(NC1CCCNC1)c1ccc(O)c2[nH]c(-c3ccc(Br)s3)nc12. The molecule has 3 heterocycles. The number of aromatic amines is 1. The summed E-state index contributed by atoms with van der Waals surface area (Å²) >= 11 is 4.98. The third kappa shape index (κ3) is 3.29. The molecule has 8 heteroatoms. The maximum absolute atomic E-state index is 12.7. The summed E-state index contributed by atoms with van der Waals surface area (Å²) in [6, 6.07) is 7.16. The number of carbonyl (C=O) groups is 1. The van der Waals surface area contributed by atoms with Crippen molar-refractivity contribution in [3.8, 4) is 16.5 Å². The molecule has 1 aromatic carbocycles. The maximum Gasteiger partial charge on any atom is 0.253 e. The van der Waals surface area contributed by atoms with Crippen molar-refractivity contribution in [3.63, 3.8) is 0 Å². The average Bonchev–Trinajstić information content (AvgIpc) is 3.23. The monoisotopic (exact) mass is 420 g/mol. The van der Waals surface area contributed by atoms with Crippen LogP contribution in [0.5, 0.6) is 5.75 Å². The van der Waals surface area contributed by atoms with Gasteiger partial charge in [0.2, 0.25) is 0 Å². The van der Waals surface area contributed by atoms with Crippen molar-refractivity contribution in [3.05, 3.63) is 33.6 Å². The Kier molecular flexibility index (Phi) is 4.49. The lowest BCUT2D eigenvalue weighted by molar-refractivity contribution is 0.0932. The van der Waals surface area contributed by atoms with Gasteiger partial charge in [0.15, 0.2) is 0 Å². The van der Waals surface area contributed by atoms with E-state index in [1.807, 2.05) is 12.1 Å². The Balaban J connectivity index is 1.70. The number of thiophene rings is 1. The lowest BCUT2D eigenvalue weighted by Gasteiger charge is -2.23. The van der Waals surface area contributed by atoms with E-state index in [1.165, 1.54) is 17.4 Å². The predicted octanol–water partition coefficient (Wildman–Crippen LogP) is 3.24. The lowest BCUT2D eigenvalue weighted by Crippen LogP contribution is -2.45. The zero-order valence-electron chi connectivity index (χ0n) is 13.3. The van der Waals surface area contributed by atoms with Crippen molar-refractivity contribution < 1.29 is 9.90 Å². The second-order valence-corrected chi connectivity index (χ2v) is 8.52. The van der Waals surface area contributed by atoms with Crippen LogP contribution in [0.3, 0.4) is 0 Å². The Morgan fingerprint density at radius 3 is 2.96 bits per heavy atom. The van der Waals surface area contributed by atoms with Crippen LogP contribution in [-0.2, 0) is 0 Å². The Morgan fingerprint density at radius 2 is 2.24 bits per heavy atom. The minimum Gasteiger partial charge on any atom is -0.506 e. The van der Waals surface area contributed by atoms with Gasteiger partial charge in [0.1, 0.15) is 22.6 Å². The Bertz CT molecular complexity index is 930. The molecule has 4 rings (SSSR count). The first-order valence-electron chi connectivity index (χ1n) is 8.11. The first kappa shape index (κ1) is 16.6. The van der Waals surface area contributed by atoms with E-state index in [1.54, 1.807) is 6.07 Å². The Hall–Kier alpha value is -1.90. The Morgan fingerprint density at radius 1 is 1.36 bits per heavy atom. The van der Waals surface area contributed by atoms with Crippen molar-refractivity contribution >= 4 is 44.2 Å². The van der Waals surface area contributed by atoms with Gasteiger partial charge in [-0.1, -0.05) is 0 Å². The number of rotatable bonds is 3. The van der Waals surface area contributed by atoms with E-state index < -0.39 is 0 Å². The zero-order valence-corrected chi connectivity index (χ0v) is 15.7. The van der Waals surface area contributed by atoms with E-state index in [2.05, 4.69) is 36.5 Å². The third-order valence-electron chi connectivity index (χ3n) is 4.31. The number of aromatic nitrogens is 2. The number of H-pyrrole nitrogens is 1. The molecule has 0 bridgehead atoms. The van der Waals surface area contributed by atoms with E-state index >= 15 is 0 Å². The number of imidazole rings is 1. The number of halogens is 1. The summed E-state index contributed by atoms with van der Waals surface area (Å²) in [5.74, 6) is 0.560. The number of benzene rings is 1. The third-order valence-corrected chi connectivity index (χ3v) is 5.94. The van der Waals surface area contributed by atoms with Crippen LogP contribution in [0.4, 0.5) is 0 Å². The number of amides is 1. The van der Waals surface area contributed by atoms with Crippen molar-refractivity contribution in [2.75, 3.05) is 13.1 Å². The molecule has 1 fully saturated rings. The molecular weight excluding hydrogens is 404 g/mol. The number of nitrogens with one attached hydrogen (secondary N) is 3. The largest absolute Gasteiger partial charge is 0.506 e. The quantitative estimate of drug-likeness (QED) is 0.523. The van der Waals surface area contributed by atoms with Gasteiger partial charge in [-0.15, -0.1) is 11.3 Å². The number of phenols is 1. The van der Waals surface area contributed by atoms with Crippen LogP contribution < -0.4 is 10.6 Å². The van der Waals surface area contributed by atoms with Crippen LogP contribution in [0.1, 0.15) is 23.2 Å². The molecule has 4 N–H and O–H groups in total. The summed E-state index contributed by atoms with van der Waals surface area (Å²) in [5, 5.41) is 16.5. The molecule has 0 aliphatic carbocycles. The molecule has 1 aliphatic rings. The summed E-state index contributed by atoms with van der Waals surface area (Å²) in [6.45, 7) is 1.77. The van der Waals surface area contributed by atoms with E-state index in [0.717, 1.165) is 34.6 Å². The smallest absolute Gasteiger partial charge is 0.253 e. The average molecular weight is 421 g/mol. The van der Waals surface area contributed by atoms with Crippen LogP contribution in [0.2, 0.25) is 0 Å². The number of nitrogens with zero attached hydrogens (tertiary/aromatic N) is 1. The van der Waals surface area contributed by atoms with Gasteiger partial charge in [0.05, 0.1) is 14.2 Å². The Labute approximate surface area is 156 Å². The summed E-state index contributed by atoms with van der Waals surface area (Å²) < 4.78 is 0.995. The predicted molar refractivity (Wildman–Crippen MR) is 102 cm³/mol. The summed E-state index contributed by atoms with van der Waals surface area (Å²) in [6.07, 6.45) is 2.02. The number of phenolic OH excluding ortho intramolecular Hbond substituents is 1. The van der Waals surface area contributed by atoms with Gasteiger partial charge in [-0.2, -0.15) is 0 Å². The minimum atomic E-state index is -0.163. The summed E-state index contributed by atoms with van der Waals surface area (Å²) in [5.41, 5.74) is 1.44. The number of hydrogen-bond donors (Lipinski definition) is 4. The number of aromatic hydroxyl groups is 1. The molecule has 1 unspecified atom stereocenters. The molecule has 6 nitrogen and oxygen atoms in total. The van der Waals surface area contributed by atoms with Gasteiger partial charge in [0, 0.05) is 12.6 Å². The van der Waals surface area contributed by atoms with Crippen LogP contribution in [-0.4, -0.2) is 40.1 Å². The molecule has 0 saturated carbocycles. The van der Waals surface area contributed by atoms with E-state index in [-0.39, 0.29) is 17.7 Å². The van der Waals surface area contributed by atoms with Gasteiger partial charge >= 0.3 is 0 Å². The fourth-order valence-electron chi connectivity index (χ4n) is 3.06. The van der Waals surface area contributed by atoms with Gasteiger partial charge in [-0.05, 0) is 59.6 Å². The van der Waals surface area contributed by atoms with Gasteiger partial charge < -0.3 is 20.7 Å². The molecule has 1 saturated heterocycles. The first-order valence-corrected chi connectivity index (χ1v) is 9.72. The topological polar surface area (TPSA) is 90.0 Å². The highest BCUT2D eigenvalue weighted by Gasteiger charge is 2.21. The zero-order chi connectivity index (χ0) is 17.4. The second kappa shape index (κ2) is 6.78. The fourth-order valence-corrected chi connectivity index (χ4v) is 4.39. The summed E-state index contributed by atoms with van der Waals surface area (Å²) in [7, 11) is 0. The normalized spacial score (nSPS) is 17.7. The van der Waals surface area contributed by atoms with E-state index in [9.17, 15) is 9.90 Å². The standard InChI is InChI=1S/C17H17BrN4O2S/c18-13-6-5-12(25-13)16-21-14-10(3-4-11(23)15(14)22-16)17(24)20-9-2-1-7-19-8-9/h3-6,9,19,23H,1-2,7-8H2,(H,20,24)(H,21,22). The molecule has 1 aliphatic heterocycles. The highest BCUT2D eigenvalue weighted by molar-refractivity contribution is 9.11. The maximum atomic E-state index is 12.7. The molecule has 25 heavy (non-hydrogen) atoms. The van der Waals surface area contributed by atoms with Crippen molar-refractivity contribution in [2.24, 2.45) is 0 Å². The lowest BCUT2D eigenvalue weighted by atomic mass is 10.1. The molecule has 0 spiro atoms. The molecule has 0 radical (unpaired) electrons. The summed E-state index contributed by atoms with van der Waals surface area (Å²) in [4.78, 5) is 21.3. The van der Waals surface area contributed by atoms with Gasteiger partial charge in [0.25, 0.3) is 5.91 Å². The molecule has 130 valence electrons. The van der Waals surface area contributed by atoms with Crippen molar-refractivity contribution in [1.82, 2.24) is 20.6 Å². The van der Waals surface area contributed by atoms with Crippen LogP contribution in [0.25, 0.3) is 21.7 Å². The second-order valence-electron chi connectivity index (χ2n) is 6.06. The van der Waals surface area contributed by atoms with E-state index in [0.29, 0.717) is 22.4 Å². The van der Waals surface area contributed by atoms with Crippen LogP contribution >= 0.6 is 27.3 Å². The first-order chi connectivity index (χ1) is 12.1. The number of carbonyl (C=O) groups excluding carboxylic acids is 1. The number of hydrogen-bond acceptors (Lipinski definition) is 5. The van der Waals surface area contributed by atoms with Gasteiger partial charge in [-0.3, -0.25) is 4.79 Å². The molecule has 2 aromatic heterocycles. The van der Waals surface area contributed by atoms with Crippen molar-refractivity contribution in [2.45, 2.75) is 18.9 Å². The molecule has 1 atom stereocenters. The van der Waals surface area contributed by atoms with Gasteiger partial charge in [-0.25, -0.2) is 4.98 Å².